The van der Waals surface area contributed by atoms with Gasteiger partial charge in [0.2, 0.25) is 5.88 Å². The van der Waals surface area contributed by atoms with Gasteiger partial charge in [0, 0.05) is 12.3 Å². The molecule has 28 heavy (non-hydrogen) atoms. The topological polar surface area (TPSA) is 111 Å². The summed E-state index contributed by atoms with van der Waals surface area (Å²) in [7, 11) is 0. The molecule has 0 aliphatic heterocycles. The molecule has 0 saturated heterocycles. The number of hydrogen-bond acceptors (Lipinski definition) is 6. The first kappa shape index (κ1) is 19.2. The SMILES string of the molecule is CC(C)(C)OC(=O)Nc1cc(C(=O)Nc2cnn(Cc3ccccc3)c2)no1. The van der Waals surface area contributed by atoms with E-state index in [0.717, 1.165) is 5.56 Å². The fourth-order valence-corrected chi connectivity index (χ4v) is 2.33. The van der Waals surface area contributed by atoms with E-state index in [4.69, 9.17) is 9.26 Å². The van der Waals surface area contributed by atoms with Crippen molar-refractivity contribution in [1.82, 2.24) is 14.9 Å². The molecule has 0 saturated carbocycles. The molecule has 2 amide bonds. The molecular formula is C19H21N5O4. The number of hydrogen-bond donors (Lipinski definition) is 2. The highest BCUT2D eigenvalue weighted by atomic mass is 16.6. The molecular weight excluding hydrogens is 362 g/mol. The highest BCUT2D eigenvalue weighted by molar-refractivity contribution is 6.03. The highest BCUT2D eigenvalue weighted by Gasteiger charge is 2.19. The standard InChI is InChI=1S/C19H21N5O4/c1-19(2,3)27-18(26)22-16-9-15(23-28-16)17(25)21-14-10-20-24(12-14)11-13-7-5-4-6-8-13/h4-10,12H,11H2,1-3H3,(H,21,25)(H,22,26). The number of rotatable bonds is 5. The van der Waals surface area contributed by atoms with Crippen molar-refractivity contribution in [2.45, 2.75) is 32.9 Å². The molecule has 0 atom stereocenters. The van der Waals surface area contributed by atoms with Crippen molar-refractivity contribution in [2.75, 3.05) is 10.6 Å². The van der Waals surface area contributed by atoms with Crippen LogP contribution in [0.3, 0.4) is 0 Å². The van der Waals surface area contributed by atoms with Crippen molar-refractivity contribution in [1.29, 1.82) is 0 Å². The lowest BCUT2D eigenvalue weighted by Crippen LogP contribution is -2.27. The number of carbonyl (C=O) groups is 2. The predicted molar refractivity (Wildman–Crippen MR) is 102 cm³/mol. The van der Waals surface area contributed by atoms with Gasteiger partial charge < -0.3 is 14.6 Å². The van der Waals surface area contributed by atoms with Crippen LogP contribution >= 0.6 is 0 Å². The second-order valence-corrected chi connectivity index (χ2v) is 7.07. The lowest BCUT2D eigenvalue weighted by Gasteiger charge is -2.18. The second kappa shape index (κ2) is 7.95. The Labute approximate surface area is 161 Å². The molecule has 0 radical (unpaired) electrons. The van der Waals surface area contributed by atoms with Crippen LogP contribution in [0.2, 0.25) is 0 Å². The minimum Gasteiger partial charge on any atom is -0.444 e. The average Bonchev–Trinajstić information content (AvgIpc) is 3.24. The summed E-state index contributed by atoms with van der Waals surface area (Å²) in [5.74, 6) is -0.473. The quantitative estimate of drug-likeness (QED) is 0.697. The van der Waals surface area contributed by atoms with E-state index in [0.29, 0.717) is 12.2 Å². The van der Waals surface area contributed by atoms with Crippen molar-refractivity contribution < 1.29 is 18.8 Å². The number of benzene rings is 1. The molecule has 0 aliphatic carbocycles. The Hall–Kier alpha value is -3.62. The molecule has 0 aliphatic rings. The zero-order chi connectivity index (χ0) is 20.1. The zero-order valence-electron chi connectivity index (χ0n) is 15.8. The van der Waals surface area contributed by atoms with Gasteiger partial charge in [-0.2, -0.15) is 5.10 Å². The van der Waals surface area contributed by atoms with Gasteiger partial charge in [-0.3, -0.25) is 14.8 Å². The first-order valence-electron chi connectivity index (χ1n) is 8.63. The largest absolute Gasteiger partial charge is 0.444 e. The van der Waals surface area contributed by atoms with Crippen LogP contribution in [0.15, 0.2) is 53.3 Å². The van der Waals surface area contributed by atoms with Crippen molar-refractivity contribution >= 4 is 23.6 Å². The van der Waals surface area contributed by atoms with Gasteiger partial charge in [0.15, 0.2) is 5.69 Å². The van der Waals surface area contributed by atoms with Gasteiger partial charge >= 0.3 is 6.09 Å². The molecule has 0 spiro atoms. The number of aromatic nitrogens is 3. The van der Waals surface area contributed by atoms with E-state index in [1.807, 2.05) is 30.3 Å². The maximum atomic E-state index is 12.3. The molecule has 3 rings (SSSR count). The zero-order valence-corrected chi connectivity index (χ0v) is 15.8. The summed E-state index contributed by atoms with van der Waals surface area (Å²) in [6.07, 6.45) is 2.56. The summed E-state index contributed by atoms with van der Waals surface area (Å²) in [5, 5.41) is 12.9. The van der Waals surface area contributed by atoms with E-state index in [2.05, 4.69) is 20.9 Å². The Morgan fingerprint density at radius 3 is 2.64 bits per heavy atom. The van der Waals surface area contributed by atoms with E-state index in [-0.39, 0.29) is 11.6 Å². The average molecular weight is 383 g/mol. The predicted octanol–water partition coefficient (Wildman–Crippen LogP) is 3.52. The van der Waals surface area contributed by atoms with Gasteiger partial charge in [-0.1, -0.05) is 35.5 Å². The Morgan fingerprint density at radius 2 is 1.93 bits per heavy atom. The van der Waals surface area contributed by atoms with Gasteiger partial charge in [-0.05, 0) is 26.3 Å². The van der Waals surface area contributed by atoms with Gasteiger partial charge in [0.1, 0.15) is 5.60 Å². The van der Waals surface area contributed by atoms with E-state index in [1.54, 1.807) is 37.8 Å². The third kappa shape index (κ3) is 5.44. The van der Waals surface area contributed by atoms with Gasteiger partial charge in [-0.25, -0.2) is 4.79 Å². The Morgan fingerprint density at radius 1 is 1.18 bits per heavy atom. The van der Waals surface area contributed by atoms with Crippen molar-refractivity contribution in [3.63, 3.8) is 0 Å². The molecule has 2 aromatic heterocycles. The van der Waals surface area contributed by atoms with Crippen LogP contribution in [0.5, 0.6) is 0 Å². The van der Waals surface area contributed by atoms with Crippen molar-refractivity contribution in [3.8, 4) is 0 Å². The second-order valence-electron chi connectivity index (χ2n) is 7.07. The van der Waals surface area contributed by atoms with Crippen LogP contribution in [-0.4, -0.2) is 32.5 Å². The summed E-state index contributed by atoms with van der Waals surface area (Å²) >= 11 is 0. The Bertz CT molecular complexity index is 956. The maximum Gasteiger partial charge on any atom is 0.414 e. The molecule has 0 fully saturated rings. The first-order chi connectivity index (χ1) is 13.3. The van der Waals surface area contributed by atoms with Crippen molar-refractivity contribution in [3.05, 3.63) is 60.0 Å². The molecule has 1 aromatic carbocycles. The summed E-state index contributed by atoms with van der Waals surface area (Å²) in [5.41, 5.74) is 0.981. The van der Waals surface area contributed by atoms with Gasteiger partial charge in [-0.15, -0.1) is 0 Å². The third-order valence-electron chi connectivity index (χ3n) is 3.45. The lowest BCUT2D eigenvalue weighted by atomic mass is 10.2. The third-order valence-corrected chi connectivity index (χ3v) is 3.45. The van der Waals surface area contributed by atoms with Crippen LogP contribution in [-0.2, 0) is 11.3 Å². The summed E-state index contributed by atoms with van der Waals surface area (Å²) in [6.45, 7) is 5.81. The molecule has 3 aromatic rings. The van der Waals surface area contributed by atoms with E-state index in [1.165, 1.54) is 6.07 Å². The maximum absolute atomic E-state index is 12.3. The van der Waals surface area contributed by atoms with Crippen LogP contribution in [0.25, 0.3) is 0 Å². The smallest absolute Gasteiger partial charge is 0.414 e. The van der Waals surface area contributed by atoms with Crippen LogP contribution < -0.4 is 10.6 Å². The monoisotopic (exact) mass is 383 g/mol. The summed E-state index contributed by atoms with van der Waals surface area (Å²) in [4.78, 5) is 24.0. The van der Waals surface area contributed by atoms with Gasteiger partial charge in [0.25, 0.3) is 5.91 Å². The molecule has 2 N–H and O–H groups in total. The number of nitrogens with zero attached hydrogens (tertiary/aromatic N) is 3. The van der Waals surface area contributed by atoms with Crippen LogP contribution in [0, 0.1) is 0 Å². The first-order valence-corrected chi connectivity index (χ1v) is 8.63. The molecule has 9 heteroatoms. The number of anilines is 2. The number of nitrogens with one attached hydrogen (secondary N) is 2. The van der Waals surface area contributed by atoms with E-state index < -0.39 is 17.6 Å². The van der Waals surface area contributed by atoms with Crippen LogP contribution in [0.4, 0.5) is 16.4 Å². The number of amides is 2. The highest BCUT2D eigenvalue weighted by Crippen LogP contribution is 2.15. The van der Waals surface area contributed by atoms with Crippen LogP contribution in [0.1, 0.15) is 36.8 Å². The fraction of sp³-hybridized carbons (Fsp3) is 0.263. The minimum atomic E-state index is -0.696. The molecule has 2 heterocycles. The normalized spacial score (nSPS) is 11.1. The Balaban J connectivity index is 1.57. The summed E-state index contributed by atoms with van der Waals surface area (Å²) < 4.78 is 11.8. The lowest BCUT2D eigenvalue weighted by molar-refractivity contribution is 0.0631. The minimum absolute atomic E-state index is 0.0131. The molecule has 0 bridgehead atoms. The number of carbonyl (C=O) groups excluding carboxylic acids is 2. The number of ether oxygens (including phenoxy) is 1. The van der Waals surface area contributed by atoms with Gasteiger partial charge in [0.05, 0.1) is 18.4 Å². The van der Waals surface area contributed by atoms with E-state index >= 15 is 0 Å². The molecule has 146 valence electrons. The van der Waals surface area contributed by atoms with Crippen molar-refractivity contribution in [2.24, 2.45) is 0 Å². The fourth-order valence-electron chi connectivity index (χ4n) is 2.33. The summed E-state index contributed by atoms with van der Waals surface area (Å²) in [6, 6.07) is 11.2. The molecule has 9 nitrogen and oxygen atoms in total. The molecule has 0 unspecified atom stereocenters. The van der Waals surface area contributed by atoms with E-state index in [9.17, 15) is 9.59 Å². The Kier molecular flexibility index (Phi) is 5.44.